The number of hydrogen-bond acceptors (Lipinski definition) is 7. The van der Waals surface area contributed by atoms with Crippen molar-refractivity contribution < 1.29 is 14.3 Å². The highest BCUT2D eigenvalue weighted by atomic mass is 16.5. The number of aryl methyl sites for hydroxylation is 1. The van der Waals surface area contributed by atoms with Crippen molar-refractivity contribution in [2.24, 2.45) is 12.0 Å². The topological polar surface area (TPSA) is 113 Å². The van der Waals surface area contributed by atoms with Crippen LogP contribution in [0, 0.1) is 6.92 Å². The summed E-state index contributed by atoms with van der Waals surface area (Å²) in [6.45, 7) is 9.29. The second kappa shape index (κ2) is 9.86. The van der Waals surface area contributed by atoms with Crippen LogP contribution in [0.1, 0.15) is 24.3 Å². The second-order valence-corrected chi connectivity index (χ2v) is 7.37. The minimum atomic E-state index is -1.16. The first-order valence-corrected chi connectivity index (χ1v) is 9.89. The SMILES string of the molecule is Cc1nnc(CN=C(NCCN2CCOCC2)NCC(C)(O)c2ccco2)n1C. The third-order valence-electron chi connectivity index (χ3n) is 5.04. The van der Waals surface area contributed by atoms with Crippen LogP contribution in [-0.4, -0.2) is 76.7 Å². The molecule has 3 heterocycles. The highest BCUT2D eigenvalue weighted by molar-refractivity contribution is 5.79. The van der Waals surface area contributed by atoms with Gasteiger partial charge in [-0.2, -0.15) is 0 Å². The zero-order valence-corrected chi connectivity index (χ0v) is 17.4. The van der Waals surface area contributed by atoms with Crippen LogP contribution in [0.15, 0.2) is 27.8 Å². The van der Waals surface area contributed by atoms with Gasteiger partial charge in [-0.25, -0.2) is 4.99 Å². The third-order valence-corrected chi connectivity index (χ3v) is 5.04. The van der Waals surface area contributed by atoms with Crippen LogP contribution >= 0.6 is 0 Å². The Morgan fingerprint density at radius 3 is 2.76 bits per heavy atom. The number of ether oxygens (including phenoxy) is 1. The molecule has 1 aliphatic rings. The number of guanidine groups is 1. The maximum atomic E-state index is 10.7. The highest BCUT2D eigenvalue weighted by Gasteiger charge is 2.26. The monoisotopic (exact) mass is 405 g/mol. The molecule has 0 aliphatic carbocycles. The van der Waals surface area contributed by atoms with E-state index in [2.05, 4.69) is 30.7 Å². The van der Waals surface area contributed by atoms with E-state index in [-0.39, 0.29) is 6.54 Å². The van der Waals surface area contributed by atoms with Crippen LogP contribution in [0.25, 0.3) is 0 Å². The van der Waals surface area contributed by atoms with Gasteiger partial charge in [0.2, 0.25) is 0 Å². The summed E-state index contributed by atoms with van der Waals surface area (Å²) in [6.07, 6.45) is 1.55. The number of hydrogen-bond donors (Lipinski definition) is 3. The van der Waals surface area contributed by atoms with Gasteiger partial charge in [0, 0.05) is 33.2 Å². The predicted molar refractivity (Wildman–Crippen MR) is 108 cm³/mol. The Bertz CT molecular complexity index is 780. The normalized spacial score (nSPS) is 17.9. The molecule has 160 valence electrons. The summed E-state index contributed by atoms with van der Waals surface area (Å²) < 4.78 is 12.6. The van der Waals surface area contributed by atoms with Crippen molar-refractivity contribution in [1.82, 2.24) is 30.3 Å². The van der Waals surface area contributed by atoms with Crippen LogP contribution < -0.4 is 10.6 Å². The summed E-state index contributed by atoms with van der Waals surface area (Å²) in [6, 6.07) is 3.52. The van der Waals surface area contributed by atoms with Crippen LogP contribution in [0.5, 0.6) is 0 Å². The molecule has 1 fully saturated rings. The molecule has 10 heteroatoms. The van der Waals surface area contributed by atoms with E-state index in [1.807, 2.05) is 18.5 Å². The van der Waals surface area contributed by atoms with E-state index >= 15 is 0 Å². The second-order valence-electron chi connectivity index (χ2n) is 7.37. The van der Waals surface area contributed by atoms with Gasteiger partial charge in [0.15, 0.2) is 11.8 Å². The van der Waals surface area contributed by atoms with Crippen LogP contribution in [-0.2, 0) is 23.9 Å². The van der Waals surface area contributed by atoms with Gasteiger partial charge in [-0.15, -0.1) is 10.2 Å². The van der Waals surface area contributed by atoms with Gasteiger partial charge in [0.1, 0.15) is 23.7 Å². The van der Waals surface area contributed by atoms with E-state index in [9.17, 15) is 5.11 Å². The zero-order chi connectivity index (χ0) is 20.7. The number of aliphatic imine (C=N–C) groups is 1. The molecule has 0 aromatic carbocycles. The Morgan fingerprint density at radius 1 is 1.31 bits per heavy atom. The van der Waals surface area contributed by atoms with Gasteiger partial charge in [0.25, 0.3) is 0 Å². The largest absolute Gasteiger partial charge is 0.466 e. The van der Waals surface area contributed by atoms with Crippen molar-refractivity contribution in [1.29, 1.82) is 0 Å². The van der Waals surface area contributed by atoms with Crippen molar-refractivity contribution in [2.45, 2.75) is 26.0 Å². The Labute approximate surface area is 171 Å². The van der Waals surface area contributed by atoms with Gasteiger partial charge >= 0.3 is 0 Å². The standard InChI is InChI=1S/C19H31N7O3/c1-15-23-24-17(25(15)3)13-21-18(20-6-7-26-8-11-28-12-9-26)22-14-19(2,27)16-5-4-10-29-16/h4-5,10,27H,6-9,11-14H2,1-3H3,(H2,20,21,22). The quantitative estimate of drug-likeness (QED) is 0.415. The molecule has 1 atom stereocenters. The lowest BCUT2D eigenvalue weighted by molar-refractivity contribution is 0.0374. The van der Waals surface area contributed by atoms with E-state index in [0.717, 1.165) is 51.0 Å². The molecule has 1 aliphatic heterocycles. The molecular formula is C19H31N7O3. The maximum Gasteiger partial charge on any atom is 0.191 e. The summed E-state index contributed by atoms with van der Waals surface area (Å²) in [5.74, 6) is 2.72. The minimum absolute atomic E-state index is 0.252. The molecule has 0 amide bonds. The Kier molecular flexibility index (Phi) is 7.24. The molecule has 0 radical (unpaired) electrons. The number of nitrogens with one attached hydrogen (secondary N) is 2. The zero-order valence-electron chi connectivity index (χ0n) is 17.4. The van der Waals surface area contributed by atoms with Crippen LogP contribution in [0.3, 0.4) is 0 Å². The predicted octanol–water partition coefficient (Wildman–Crippen LogP) is -0.00838. The van der Waals surface area contributed by atoms with Gasteiger partial charge < -0.3 is 29.5 Å². The summed E-state index contributed by atoms with van der Waals surface area (Å²) in [7, 11) is 1.92. The summed E-state index contributed by atoms with van der Waals surface area (Å²) in [5, 5.41) is 25.5. The molecule has 2 aromatic rings. The van der Waals surface area contributed by atoms with Gasteiger partial charge in [-0.05, 0) is 26.0 Å². The molecule has 29 heavy (non-hydrogen) atoms. The first-order chi connectivity index (χ1) is 14.0. The fourth-order valence-electron chi connectivity index (χ4n) is 3.00. The average molecular weight is 406 g/mol. The lowest BCUT2D eigenvalue weighted by Gasteiger charge is -2.27. The third kappa shape index (κ3) is 6.02. The van der Waals surface area contributed by atoms with Crippen LogP contribution in [0.4, 0.5) is 0 Å². The number of aliphatic hydroxyl groups is 1. The van der Waals surface area contributed by atoms with Gasteiger partial charge in [-0.1, -0.05) is 0 Å². The summed E-state index contributed by atoms with van der Waals surface area (Å²) in [4.78, 5) is 6.97. The number of aromatic nitrogens is 3. The molecule has 0 spiro atoms. The smallest absolute Gasteiger partial charge is 0.191 e. The lowest BCUT2D eigenvalue weighted by atomic mass is 10.0. The van der Waals surface area contributed by atoms with Crippen LogP contribution in [0.2, 0.25) is 0 Å². The molecule has 1 saturated heterocycles. The number of morpholine rings is 1. The summed E-state index contributed by atoms with van der Waals surface area (Å²) >= 11 is 0. The lowest BCUT2D eigenvalue weighted by Crippen LogP contribution is -2.47. The first-order valence-electron chi connectivity index (χ1n) is 9.89. The molecule has 2 aromatic heterocycles. The molecular weight excluding hydrogens is 374 g/mol. The van der Waals surface area contributed by atoms with E-state index in [4.69, 9.17) is 9.15 Å². The Morgan fingerprint density at radius 2 is 2.10 bits per heavy atom. The molecule has 1 unspecified atom stereocenters. The fourth-order valence-corrected chi connectivity index (χ4v) is 3.00. The molecule has 0 saturated carbocycles. The number of nitrogens with zero attached hydrogens (tertiary/aromatic N) is 5. The van der Waals surface area contributed by atoms with Crippen molar-refractivity contribution in [2.75, 3.05) is 45.9 Å². The Hall–Kier alpha value is -2.43. The molecule has 10 nitrogen and oxygen atoms in total. The molecule has 3 N–H and O–H groups in total. The van der Waals surface area contributed by atoms with Crippen molar-refractivity contribution in [3.8, 4) is 0 Å². The van der Waals surface area contributed by atoms with Crippen molar-refractivity contribution in [3.63, 3.8) is 0 Å². The highest BCUT2D eigenvalue weighted by Crippen LogP contribution is 2.19. The van der Waals surface area contributed by atoms with E-state index in [1.165, 1.54) is 0 Å². The van der Waals surface area contributed by atoms with Crippen molar-refractivity contribution in [3.05, 3.63) is 35.8 Å². The van der Waals surface area contributed by atoms with Gasteiger partial charge in [0.05, 0.1) is 26.0 Å². The van der Waals surface area contributed by atoms with Gasteiger partial charge in [-0.3, -0.25) is 4.90 Å². The van der Waals surface area contributed by atoms with E-state index < -0.39 is 5.60 Å². The fraction of sp³-hybridized carbons (Fsp3) is 0.632. The summed E-state index contributed by atoms with van der Waals surface area (Å²) in [5.41, 5.74) is -1.16. The Balaban J connectivity index is 1.60. The average Bonchev–Trinajstić information content (AvgIpc) is 3.37. The number of rotatable bonds is 8. The molecule has 0 bridgehead atoms. The minimum Gasteiger partial charge on any atom is -0.466 e. The first kappa shape index (κ1) is 21.3. The molecule has 3 rings (SSSR count). The van der Waals surface area contributed by atoms with Crippen molar-refractivity contribution >= 4 is 5.96 Å². The number of furan rings is 1. The van der Waals surface area contributed by atoms with E-state index in [1.54, 1.807) is 25.3 Å². The maximum absolute atomic E-state index is 10.7. The van der Waals surface area contributed by atoms with E-state index in [0.29, 0.717) is 18.3 Å².